The highest BCUT2D eigenvalue weighted by Gasteiger charge is 2.18. The van der Waals surface area contributed by atoms with Gasteiger partial charge in [0.05, 0.1) is 34.5 Å². The molecular formula is C26H23FN6. The van der Waals surface area contributed by atoms with Gasteiger partial charge in [0.15, 0.2) is 0 Å². The summed E-state index contributed by atoms with van der Waals surface area (Å²) in [5.41, 5.74) is 6.59. The van der Waals surface area contributed by atoms with Crippen LogP contribution in [0, 0.1) is 12.7 Å². The number of aromatic nitrogens is 4. The molecule has 0 amide bonds. The van der Waals surface area contributed by atoms with Crippen LogP contribution in [-0.4, -0.2) is 45.5 Å². The number of halogens is 1. The van der Waals surface area contributed by atoms with E-state index in [9.17, 15) is 4.39 Å². The Kier molecular flexibility index (Phi) is 4.77. The number of aryl methyl sites for hydroxylation is 1. The molecule has 0 radical (unpaired) electrons. The van der Waals surface area contributed by atoms with Crippen molar-refractivity contribution in [3.63, 3.8) is 0 Å². The van der Waals surface area contributed by atoms with E-state index in [0.29, 0.717) is 11.4 Å². The molecule has 5 heterocycles. The first-order valence-electron chi connectivity index (χ1n) is 11.1. The predicted octanol–water partition coefficient (Wildman–Crippen LogP) is 4.47. The topological polar surface area (TPSA) is 58.4 Å². The van der Waals surface area contributed by atoms with Gasteiger partial charge in [0.25, 0.3) is 0 Å². The van der Waals surface area contributed by atoms with E-state index >= 15 is 0 Å². The molecule has 33 heavy (non-hydrogen) atoms. The molecule has 1 aromatic carbocycles. The highest BCUT2D eigenvalue weighted by atomic mass is 19.1. The number of imidazole rings is 1. The van der Waals surface area contributed by atoms with E-state index in [1.807, 2.05) is 36.7 Å². The van der Waals surface area contributed by atoms with Gasteiger partial charge < -0.3 is 10.2 Å². The van der Waals surface area contributed by atoms with Gasteiger partial charge in [-0.05, 0) is 49.4 Å². The van der Waals surface area contributed by atoms with Gasteiger partial charge in [0.2, 0.25) is 0 Å². The molecule has 0 atom stereocenters. The average Bonchev–Trinajstić information content (AvgIpc) is 3.25. The van der Waals surface area contributed by atoms with Crippen molar-refractivity contribution in [2.75, 3.05) is 31.1 Å². The SMILES string of the molecule is Cc1nc(-c2nc3ccccn3c2-c2ccc3ncc(N4CCNCC4)cc3c2)ccc1F. The molecule has 0 spiro atoms. The van der Waals surface area contributed by atoms with E-state index in [2.05, 4.69) is 37.8 Å². The van der Waals surface area contributed by atoms with E-state index in [1.165, 1.54) is 6.07 Å². The summed E-state index contributed by atoms with van der Waals surface area (Å²) in [4.78, 5) is 16.4. The van der Waals surface area contributed by atoms with Crippen molar-refractivity contribution in [1.82, 2.24) is 24.7 Å². The highest BCUT2D eigenvalue weighted by Crippen LogP contribution is 2.34. The van der Waals surface area contributed by atoms with Crippen LogP contribution in [-0.2, 0) is 0 Å². The smallest absolute Gasteiger partial charge is 0.144 e. The van der Waals surface area contributed by atoms with E-state index in [-0.39, 0.29) is 5.82 Å². The van der Waals surface area contributed by atoms with Gasteiger partial charge in [0.1, 0.15) is 17.2 Å². The molecule has 1 aliphatic rings. The fraction of sp³-hybridized carbons (Fsp3) is 0.192. The fourth-order valence-corrected chi connectivity index (χ4v) is 4.49. The second-order valence-electron chi connectivity index (χ2n) is 8.34. The van der Waals surface area contributed by atoms with Gasteiger partial charge in [-0.1, -0.05) is 12.1 Å². The highest BCUT2D eigenvalue weighted by molar-refractivity contribution is 5.89. The average molecular weight is 439 g/mol. The van der Waals surface area contributed by atoms with Gasteiger partial charge in [-0.25, -0.2) is 14.4 Å². The first-order valence-corrected chi connectivity index (χ1v) is 11.1. The lowest BCUT2D eigenvalue weighted by molar-refractivity contribution is 0.589. The molecule has 0 aliphatic carbocycles. The first-order chi connectivity index (χ1) is 16.2. The zero-order valence-corrected chi connectivity index (χ0v) is 18.3. The second-order valence-corrected chi connectivity index (χ2v) is 8.34. The number of piperazine rings is 1. The Morgan fingerprint density at radius 3 is 2.70 bits per heavy atom. The maximum Gasteiger partial charge on any atom is 0.144 e. The molecule has 1 saturated heterocycles. The van der Waals surface area contributed by atoms with Crippen LogP contribution in [0.15, 0.2) is 67.0 Å². The first kappa shape index (κ1) is 19.8. The summed E-state index contributed by atoms with van der Waals surface area (Å²) in [5, 5.41) is 4.47. The number of fused-ring (bicyclic) bond motifs is 2. The van der Waals surface area contributed by atoms with Gasteiger partial charge >= 0.3 is 0 Å². The molecule has 1 N–H and O–H groups in total. The Hall–Kier alpha value is -3.84. The molecule has 164 valence electrons. The lowest BCUT2D eigenvalue weighted by Crippen LogP contribution is -2.43. The number of nitrogens with zero attached hydrogens (tertiary/aromatic N) is 5. The summed E-state index contributed by atoms with van der Waals surface area (Å²) in [6.45, 7) is 5.58. The van der Waals surface area contributed by atoms with E-state index in [1.54, 1.807) is 13.0 Å². The maximum absolute atomic E-state index is 13.9. The maximum atomic E-state index is 13.9. The van der Waals surface area contributed by atoms with Crippen molar-refractivity contribution in [1.29, 1.82) is 0 Å². The summed E-state index contributed by atoms with van der Waals surface area (Å²) >= 11 is 0. The number of hydrogen-bond acceptors (Lipinski definition) is 5. The molecule has 0 bridgehead atoms. The third-order valence-electron chi connectivity index (χ3n) is 6.22. The number of nitrogens with one attached hydrogen (secondary N) is 1. The summed E-state index contributed by atoms with van der Waals surface area (Å²) in [5.74, 6) is -0.318. The predicted molar refractivity (Wildman–Crippen MR) is 129 cm³/mol. The van der Waals surface area contributed by atoms with Crippen LogP contribution in [0.2, 0.25) is 0 Å². The van der Waals surface area contributed by atoms with Crippen molar-refractivity contribution < 1.29 is 4.39 Å². The number of anilines is 1. The molecule has 6 nitrogen and oxygen atoms in total. The van der Waals surface area contributed by atoms with E-state index in [4.69, 9.17) is 9.97 Å². The lowest BCUT2D eigenvalue weighted by atomic mass is 10.0. The largest absolute Gasteiger partial charge is 0.368 e. The van der Waals surface area contributed by atoms with Gasteiger partial charge in [-0.2, -0.15) is 0 Å². The molecular weight excluding hydrogens is 415 g/mol. The van der Waals surface area contributed by atoms with Crippen LogP contribution in [0.3, 0.4) is 0 Å². The van der Waals surface area contributed by atoms with Crippen molar-refractivity contribution >= 4 is 22.2 Å². The zero-order chi connectivity index (χ0) is 22.4. The van der Waals surface area contributed by atoms with Crippen molar-refractivity contribution in [3.05, 3.63) is 78.5 Å². The minimum Gasteiger partial charge on any atom is -0.368 e. The normalized spacial score (nSPS) is 14.3. The summed E-state index contributed by atoms with van der Waals surface area (Å²) in [6, 6.07) is 17.5. The Labute approximate surface area is 190 Å². The Balaban J connectivity index is 1.53. The van der Waals surface area contributed by atoms with Crippen molar-refractivity contribution in [2.24, 2.45) is 0 Å². The monoisotopic (exact) mass is 438 g/mol. The third kappa shape index (κ3) is 3.50. The fourth-order valence-electron chi connectivity index (χ4n) is 4.49. The molecule has 5 aromatic rings. The molecule has 7 heteroatoms. The summed E-state index contributed by atoms with van der Waals surface area (Å²) in [6.07, 6.45) is 3.95. The molecule has 0 saturated carbocycles. The lowest BCUT2D eigenvalue weighted by Gasteiger charge is -2.29. The minimum atomic E-state index is -0.318. The number of benzene rings is 1. The molecule has 1 fully saturated rings. The molecule has 6 rings (SSSR count). The van der Waals surface area contributed by atoms with E-state index in [0.717, 1.165) is 65.4 Å². The van der Waals surface area contributed by atoms with Crippen molar-refractivity contribution in [3.8, 4) is 22.6 Å². The Morgan fingerprint density at radius 2 is 1.85 bits per heavy atom. The van der Waals surface area contributed by atoms with E-state index < -0.39 is 0 Å². The van der Waals surface area contributed by atoms with Crippen molar-refractivity contribution in [2.45, 2.75) is 6.92 Å². The van der Waals surface area contributed by atoms with Crippen LogP contribution in [0.25, 0.3) is 39.2 Å². The van der Waals surface area contributed by atoms with Gasteiger partial charge in [-0.3, -0.25) is 9.38 Å². The number of rotatable bonds is 3. The Morgan fingerprint density at radius 1 is 0.970 bits per heavy atom. The number of pyridine rings is 3. The Bertz CT molecular complexity index is 1490. The van der Waals surface area contributed by atoms with Crippen LogP contribution < -0.4 is 10.2 Å². The summed E-state index contributed by atoms with van der Waals surface area (Å²) in [7, 11) is 0. The third-order valence-corrected chi connectivity index (χ3v) is 6.22. The molecule has 0 unspecified atom stereocenters. The molecule has 1 aliphatic heterocycles. The van der Waals surface area contributed by atoms with Gasteiger partial charge in [0, 0.05) is 43.3 Å². The van der Waals surface area contributed by atoms with Crippen LogP contribution >= 0.6 is 0 Å². The molecule has 4 aromatic heterocycles. The van der Waals surface area contributed by atoms with Crippen LogP contribution in [0.5, 0.6) is 0 Å². The summed E-state index contributed by atoms with van der Waals surface area (Å²) < 4.78 is 16.0. The zero-order valence-electron chi connectivity index (χ0n) is 18.3. The van der Waals surface area contributed by atoms with Gasteiger partial charge in [-0.15, -0.1) is 0 Å². The number of hydrogen-bond donors (Lipinski definition) is 1. The van der Waals surface area contributed by atoms with Crippen LogP contribution in [0.4, 0.5) is 10.1 Å². The van der Waals surface area contributed by atoms with Crippen LogP contribution in [0.1, 0.15) is 5.69 Å². The minimum absolute atomic E-state index is 0.318. The standard InChI is InChI=1S/C26H23FN6/c1-17-21(27)6-8-23(30-17)25-26(33-11-3-2-4-24(33)31-25)18-5-7-22-19(14-18)15-20(16-29-22)32-12-9-28-10-13-32/h2-8,11,14-16,28H,9-10,12-13H2,1H3. The second kappa shape index (κ2) is 7.94. The quantitative estimate of drug-likeness (QED) is 0.451.